The van der Waals surface area contributed by atoms with Crippen molar-refractivity contribution in [2.45, 2.75) is 26.8 Å². The SMILES string of the molecule is COC(=O)c1ccc(C)c(NC(=O)c2cc(-c3ccco3)nc3c2cnn3C(C)C)c1. The highest BCUT2D eigenvalue weighted by molar-refractivity contribution is 6.13. The van der Waals surface area contributed by atoms with Crippen molar-refractivity contribution in [2.24, 2.45) is 0 Å². The third kappa shape index (κ3) is 3.79. The number of carbonyl (C=O) groups excluding carboxylic acids is 2. The van der Waals surface area contributed by atoms with E-state index >= 15 is 0 Å². The van der Waals surface area contributed by atoms with Crippen LogP contribution in [0.5, 0.6) is 0 Å². The number of hydrogen-bond acceptors (Lipinski definition) is 6. The Morgan fingerprint density at radius 3 is 2.68 bits per heavy atom. The van der Waals surface area contributed by atoms with Gasteiger partial charge in [0, 0.05) is 11.7 Å². The molecule has 1 N–H and O–H groups in total. The van der Waals surface area contributed by atoms with E-state index in [1.807, 2.05) is 20.8 Å². The van der Waals surface area contributed by atoms with Crippen LogP contribution in [0.1, 0.15) is 46.2 Å². The van der Waals surface area contributed by atoms with Crippen LogP contribution in [0.3, 0.4) is 0 Å². The minimum Gasteiger partial charge on any atom is -0.465 e. The van der Waals surface area contributed by atoms with Gasteiger partial charge in [-0.3, -0.25) is 4.79 Å². The molecule has 0 radical (unpaired) electrons. The number of fused-ring (bicyclic) bond motifs is 1. The van der Waals surface area contributed by atoms with Crippen LogP contribution in [-0.4, -0.2) is 33.8 Å². The molecule has 3 heterocycles. The first kappa shape index (κ1) is 20.3. The quantitative estimate of drug-likeness (QED) is 0.475. The van der Waals surface area contributed by atoms with E-state index in [4.69, 9.17) is 9.15 Å². The first-order valence-electron chi connectivity index (χ1n) is 9.81. The van der Waals surface area contributed by atoms with Crippen molar-refractivity contribution in [3.05, 3.63) is 65.5 Å². The lowest BCUT2D eigenvalue weighted by Gasteiger charge is -2.12. The first-order valence-corrected chi connectivity index (χ1v) is 9.81. The Labute approximate surface area is 178 Å². The predicted molar refractivity (Wildman–Crippen MR) is 116 cm³/mol. The maximum atomic E-state index is 13.3. The maximum Gasteiger partial charge on any atom is 0.337 e. The summed E-state index contributed by atoms with van der Waals surface area (Å²) in [6, 6.07) is 10.3. The number of aryl methyl sites for hydroxylation is 1. The van der Waals surface area contributed by atoms with Crippen molar-refractivity contribution in [1.29, 1.82) is 0 Å². The number of nitrogens with zero attached hydrogens (tertiary/aromatic N) is 3. The summed E-state index contributed by atoms with van der Waals surface area (Å²) in [5.74, 6) is -0.259. The molecule has 1 amide bonds. The highest BCUT2D eigenvalue weighted by Gasteiger charge is 2.20. The zero-order chi connectivity index (χ0) is 22.1. The Bertz CT molecular complexity index is 1270. The van der Waals surface area contributed by atoms with Crippen molar-refractivity contribution in [1.82, 2.24) is 14.8 Å². The van der Waals surface area contributed by atoms with Gasteiger partial charge in [-0.15, -0.1) is 0 Å². The standard InChI is InChI=1S/C23H22N4O4/c1-13(2)27-21-17(12-24-27)16(11-19(25-21)20-6-5-9-31-20)22(28)26-18-10-15(23(29)30-4)8-7-14(18)3/h5-13H,1-4H3,(H,26,28). The number of anilines is 1. The van der Waals surface area contributed by atoms with E-state index in [0.717, 1.165) is 5.56 Å². The van der Waals surface area contributed by atoms with Gasteiger partial charge in [0.25, 0.3) is 5.91 Å². The highest BCUT2D eigenvalue weighted by atomic mass is 16.5. The Kier molecular flexibility index (Phi) is 5.29. The van der Waals surface area contributed by atoms with Crippen LogP contribution in [0.2, 0.25) is 0 Å². The molecule has 0 aliphatic heterocycles. The number of rotatable bonds is 5. The summed E-state index contributed by atoms with van der Waals surface area (Å²) in [5.41, 5.74) is 3.22. The number of furan rings is 1. The van der Waals surface area contributed by atoms with E-state index < -0.39 is 5.97 Å². The van der Waals surface area contributed by atoms with Crippen LogP contribution in [0.4, 0.5) is 5.69 Å². The number of ether oxygens (including phenoxy) is 1. The smallest absolute Gasteiger partial charge is 0.337 e. The molecule has 0 unspecified atom stereocenters. The number of pyridine rings is 1. The Morgan fingerprint density at radius 1 is 1.19 bits per heavy atom. The number of carbonyl (C=O) groups is 2. The van der Waals surface area contributed by atoms with E-state index in [9.17, 15) is 9.59 Å². The number of methoxy groups -OCH3 is 1. The van der Waals surface area contributed by atoms with Crippen LogP contribution < -0.4 is 5.32 Å². The number of aromatic nitrogens is 3. The van der Waals surface area contributed by atoms with Gasteiger partial charge in [-0.1, -0.05) is 6.07 Å². The Morgan fingerprint density at radius 2 is 2.00 bits per heavy atom. The van der Waals surface area contributed by atoms with Gasteiger partial charge in [0.2, 0.25) is 0 Å². The average molecular weight is 418 g/mol. The molecule has 31 heavy (non-hydrogen) atoms. The fraction of sp³-hybridized carbons (Fsp3) is 0.217. The summed E-state index contributed by atoms with van der Waals surface area (Å²) < 4.78 is 12.0. The Balaban J connectivity index is 1.80. The summed E-state index contributed by atoms with van der Waals surface area (Å²) in [5, 5.41) is 7.95. The number of amides is 1. The van der Waals surface area contributed by atoms with Gasteiger partial charge < -0.3 is 14.5 Å². The number of benzene rings is 1. The van der Waals surface area contributed by atoms with Crippen LogP contribution >= 0.6 is 0 Å². The molecule has 0 bridgehead atoms. The zero-order valence-electron chi connectivity index (χ0n) is 17.7. The second-order valence-corrected chi connectivity index (χ2v) is 7.43. The van der Waals surface area contributed by atoms with Gasteiger partial charge in [0.1, 0.15) is 5.69 Å². The molecule has 0 aliphatic carbocycles. The van der Waals surface area contributed by atoms with Crippen molar-refractivity contribution in [2.75, 3.05) is 12.4 Å². The monoisotopic (exact) mass is 418 g/mol. The molecule has 0 fully saturated rings. The molecular formula is C23H22N4O4. The lowest BCUT2D eigenvalue weighted by atomic mass is 10.1. The Hall–Kier alpha value is -3.94. The number of nitrogens with one attached hydrogen (secondary N) is 1. The van der Waals surface area contributed by atoms with Crippen LogP contribution in [0.15, 0.2) is 53.3 Å². The van der Waals surface area contributed by atoms with Crippen LogP contribution in [0, 0.1) is 6.92 Å². The molecule has 4 rings (SSSR count). The zero-order valence-corrected chi connectivity index (χ0v) is 17.7. The fourth-order valence-corrected chi connectivity index (χ4v) is 3.33. The largest absolute Gasteiger partial charge is 0.465 e. The lowest BCUT2D eigenvalue weighted by molar-refractivity contribution is 0.0600. The second-order valence-electron chi connectivity index (χ2n) is 7.43. The van der Waals surface area contributed by atoms with Gasteiger partial charge in [-0.05, 0) is 56.7 Å². The summed E-state index contributed by atoms with van der Waals surface area (Å²) in [6.07, 6.45) is 3.20. The number of hydrogen-bond donors (Lipinski definition) is 1. The normalized spacial score (nSPS) is 11.1. The van der Waals surface area contributed by atoms with Crippen LogP contribution in [0.25, 0.3) is 22.5 Å². The van der Waals surface area contributed by atoms with Crippen LogP contribution in [-0.2, 0) is 4.74 Å². The van der Waals surface area contributed by atoms with E-state index in [-0.39, 0.29) is 11.9 Å². The molecule has 0 atom stereocenters. The maximum absolute atomic E-state index is 13.3. The van der Waals surface area contributed by atoms with Gasteiger partial charge in [0.05, 0.1) is 36.1 Å². The van der Waals surface area contributed by atoms with Gasteiger partial charge in [0.15, 0.2) is 11.4 Å². The molecule has 1 aromatic carbocycles. The number of esters is 1. The predicted octanol–water partition coefficient (Wildman–Crippen LogP) is 4.62. The molecule has 3 aromatic heterocycles. The van der Waals surface area contributed by atoms with Gasteiger partial charge in [-0.25, -0.2) is 14.5 Å². The van der Waals surface area contributed by atoms with E-state index in [0.29, 0.717) is 39.3 Å². The van der Waals surface area contributed by atoms with Crippen molar-refractivity contribution in [3.8, 4) is 11.5 Å². The topological polar surface area (TPSA) is 99.2 Å². The van der Waals surface area contributed by atoms with E-state index in [2.05, 4.69) is 15.4 Å². The first-order chi connectivity index (χ1) is 14.9. The molecule has 0 aliphatic rings. The third-order valence-corrected chi connectivity index (χ3v) is 4.98. The lowest BCUT2D eigenvalue weighted by Crippen LogP contribution is -2.15. The summed E-state index contributed by atoms with van der Waals surface area (Å²) in [4.78, 5) is 29.9. The summed E-state index contributed by atoms with van der Waals surface area (Å²) in [6.45, 7) is 5.84. The minimum absolute atomic E-state index is 0.0618. The summed E-state index contributed by atoms with van der Waals surface area (Å²) >= 11 is 0. The van der Waals surface area contributed by atoms with E-state index in [1.165, 1.54) is 7.11 Å². The fourth-order valence-electron chi connectivity index (χ4n) is 3.33. The molecule has 8 nitrogen and oxygen atoms in total. The summed E-state index contributed by atoms with van der Waals surface area (Å²) in [7, 11) is 1.32. The average Bonchev–Trinajstić information content (AvgIpc) is 3.43. The van der Waals surface area contributed by atoms with Gasteiger partial charge in [-0.2, -0.15) is 5.10 Å². The second kappa shape index (κ2) is 8.06. The van der Waals surface area contributed by atoms with Crippen molar-refractivity contribution < 1.29 is 18.7 Å². The molecule has 0 spiro atoms. The van der Waals surface area contributed by atoms with Gasteiger partial charge >= 0.3 is 5.97 Å². The van der Waals surface area contributed by atoms with Crippen molar-refractivity contribution >= 4 is 28.6 Å². The molecule has 158 valence electrons. The van der Waals surface area contributed by atoms with Crippen molar-refractivity contribution in [3.63, 3.8) is 0 Å². The minimum atomic E-state index is -0.472. The highest BCUT2D eigenvalue weighted by Crippen LogP contribution is 2.28. The molecule has 0 saturated carbocycles. The molecular weight excluding hydrogens is 396 g/mol. The van der Waals surface area contributed by atoms with E-state index in [1.54, 1.807) is 53.5 Å². The molecule has 4 aromatic rings. The molecule has 8 heteroatoms. The third-order valence-electron chi connectivity index (χ3n) is 4.98. The molecule has 0 saturated heterocycles.